The van der Waals surface area contributed by atoms with Crippen molar-refractivity contribution >= 4 is 23.3 Å². The molecule has 0 saturated carbocycles. The third-order valence-electron chi connectivity index (χ3n) is 5.86. The van der Waals surface area contributed by atoms with Crippen LogP contribution in [0, 0.1) is 18.6 Å². The Morgan fingerprint density at radius 1 is 1.23 bits per heavy atom. The Hall–Kier alpha value is -2.49. The zero-order chi connectivity index (χ0) is 21.2. The third kappa shape index (κ3) is 3.31. The molecule has 2 fully saturated rings. The second-order valence-corrected chi connectivity index (χ2v) is 7.63. The summed E-state index contributed by atoms with van der Waals surface area (Å²) in [7, 11) is 0. The molecule has 164 valence electrons. The maximum Gasteiger partial charge on any atom is 0.299 e. The van der Waals surface area contributed by atoms with E-state index < -0.39 is 48.4 Å². The van der Waals surface area contributed by atoms with Crippen LogP contribution >= 0.6 is 12.4 Å². The van der Waals surface area contributed by atoms with Crippen molar-refractivity contribution in [1.82, 2.24) is 9.97 Å². The maximum absolute atomic E-state index is 14.4. The van der Waals surface area contributed by atoms with Gasteiger partial charge in [0.15, 0.2) is 23.2 Å². The number of H-pyrrole nitrogens is 1. The molecule has 3 aromatic rings. The van der Waals surface area contributed by atoms with Gasteiger partial charge in [-0.1, -0.05) is 6.07 Å². The Balaban J connectivity index is 0.00000231. The Labute approximate surface area is 179 Å². The molecule has 5 nitrogen and oxygen atoms in total. The number of pyridine rings is 2. The van der Waals surface area contributed by atoms with Crippen molar-refractivity contribution in [3.63, 3.8) is 0 Å². The van der Waals surface area contributed by atoms with Gasteiger partial charge in [-0.15, -0.1) is 12.4 Å². The largest absolute Gasteiger partial charge is 0.368 e. The Morgan fingerprint density at radius 3 is 2.77 bits per heavy atom. The summed E-state index contributed by atoms with van der Waals surface area (Å²) in [5.74, 6) is -6.20. The van der Waals surface area contributed by atoms with Gasteiger partial charge >= 0.3 is 0 Å². The van der Waals surface area contributed by atoms with Crippen molar-refractivity contribution in [1.29, 1.82) is 0 Å². The van der Waals surface area contributed by atoms with Crippen LogP contribution in [-0.2, 0) is 9.47 Å². The molecule has 31 heavy (non-hydrogen) atoms. The fourth-order valence-electron chi connectivity index (χ4n) is 4.40. The monoisotopic (exact) mass is 456 g/mol. The van der Waals surface area contributed by atoms with Crippen LogP contribution in [-0.4, -0.2) is 34.7 Å². The Kier molecular flexibility index (Phi) is 5.31. The molecule has 1 N–H and O–H groups in total. The van der Waals surface area contributed by atoms with Gasteiger partial charge in [0, 0.05) is 30.1 Å². The number of benzene rings is 1. The van der Waals surface area contributed by atoms with Gasteiger partial charge in [0.2, 0.25) is 0 Å². The number of nitrogens with zero attached hydrogens (tertiary/aromatic N) is 1. The fraction of sp³-hybridized carbons (Fsp3) is 0.333. The molecule has 4 atom stereocenters. The number of aromatic nitrogens is 2. The minimum atomic E-state index is -3.24. The van der Waals surface area contributed by atoms with Crippen molar-refractivity contribution in [2.75, 3.05) is 6.61 Å². The van der Waals surface area contributed by atoms with Crippen LogP contribution in [0.1, 0.15) is 28.8 Å². The van der Waals surface area contributed by atoms with Crippen molar-refractivity contribution in [2.45, 2.75) is 37.1 Å². The predicted molar refractivity (Wildman–Crippen MR) is 106 cm³/mol. The number of ether oxygens (including phenoxy) is 2. The molecule has 2 aliphatic heterocycles. The van der Waals surface area contributed by atoms with Gasteiger partial charge in [-0.25, -0.2) is 17.6 Å². The molecule has 2 aliphatic rings. The summed E-state index contributed by atoms with van der Waals surface area (Å²) in [6, 6.07) is 5.14. The summed E-state index contributed by atoms with van der Waals surface area (Å²) in [5.41, 5.74) is 0.629. The highest BCUT2D eigenvalue weighted by molar-refractivity contribution is 5.85. The van der Waals surface area contributed by atoms with E-state index in [1.54, 1.807) is 6.07 Å². The van der Waals surface area contributed by atoms with Crippen LogP contribution in [0.25, 0.3) is 10.9 Å². The number of fused-ring (bicyclic) bond motifs is 2. The van der Waals surface area contributed by atoms with E-state index in [1.165, 1.54) is 31.5 Å². The summed E-state index contributed by atoms with van der Waals surface area (Å²) >= 11 is 0. The minimum absolute atomic E-state index is 0. The van der Waals surface area contributed by atoms with E-state index in [9.17, 15) is 22.4 Å². The smallest absolute Gasteiger partial charge is 0.299 e. The highest BCUT2D eigenvalue weighted by atomic mass is 35.5. The molecular formula is C21H17ClF4N2O3. The van der Waals surface area contributed by atoms with E-state index >= 15 is 0 Å². The lowest BCUT2D eigenvalue weighted by atomic mass is 9.84. The average molecular weight is 457 g/mol. The van der Waals surface area contributed by atoms with E-state index in [4.69, 9.17) is 9.47 Å². The molecule has 10 heteroatoms. The van der Waals surface area contributed by atoms with Gasteiger partial charge in [-0.05, 0) is 30.2 Å². The summed E-state index contributed by atoms with van der Waals surface area (Å²) in [4.78, 5) is 19.5. The first-order chi connectivity index (χ1) is 14.3. The summed E-state index contributed by atoms with van der Waals surface area (Å²) in [6.07, 6.45) is -0.807. The van der Waals surface area contributed by atoms with Gasteiger partial charge in [0.1, 0.15) is 12.7 Å². The lowest BCUT2D eigenvalue weighted by Crippen LogP contribution is -2.34. The first kappa shape index (κ1) is 21.7. The van der Waals surface area contributed by atoms with Crippen molar-refractivity contribution in [2.24, 2.45) is 0 Å². The van der Waals surface area contributed by atoms with Crippen LogP contribution in [0.2, 0.25) is 0 Å². The van der Waals surface area contributed by atoms with Crippen LogP contribution in [0.5, 0.6) is 0 Å². The zero-order valence-corrected chi connectivity index (χ0v) is 16.9. The number of hydrogen-bond acceptors (Lipinski definition) is 4. The summed E-state index contributed by atoms with van der Waals surface area (Å²) in [5, 5.41) is 0.335. The second kappa shape index (κ2) is 7.58. The molecule has 0 aliphatic carbocycles. The maximum atomic E-state index is 14.4. The fourth-order valence-corrected chi connectivity index (χ4v) is 4.40. The number of halogens is 5. The molecule has 5 rings (SSSR count). The molecule has 0 radical (unpaired) electrons. The van der Waals surface area contributed by atoms with Gasteiger partial charge in [0.25, 0.3) is 5.92 Å². The zero-order valence-electron chi connectivity index (χ0n) is 16.1. The topological polar surface area (TPSA) is 64.2 Å². The van der Waals surface area contributed by atoms with Crippen molar-refractivity contribution in [3.8, 4) is 0 Å². The molecule has 1 aromatic carbocycles. The van der Waals surface area contributed by atoms with Crippen molar-refractivity contribution in [3.05, 3.63) is 75.3 Å². The SMILES string of the molecule is Cc1c([C@@H]2[C@@H]3OCC(F)(F)[C@@H]3O[C@H]2c2cc(=O)c3cnccc3[nH]2)ccc(F)c1F.Cl. The van der Waals surface area contributed by atoms with E-state index in [0.29, 0.717) is 16.5 Å². The first-order valence-corrected chi connectivity index (χ1v) is 9.34. The molecule has 0 bridgehead atoms. The molecule has 0 amide bonds. The molecule has 2 saturated heterocycles. The molecule has 4 heterocycles. The van der Waals surface area contributed by atoms with Crippen LogP contribution < -0.4 is 5.43 Å². The van der Waals surface area contributed by atoms with Crippen LogP contribution in [0.4, 0.5) is 17.6 Å². The highest BCUT2D eigenvalue weighted by Crippen LogP contribution is 2.53. The summed E-state index contributed by atoms with van der Waals surface area (Å²) < 4.78 is 67.8. The molecule has 0 unspecified atom stereocenters. The summed E-state index contributed by atoms with van der Waals surface area (Å²) in [6.45, 7) is 0.550. The van der Waals surface area contributed by atoms with E-state index in [0.717, 1.165) is 6.07 Å². The normalized spacial score (nSPS) is 26.6. The van der Waals surface area contributed by atoms with E-state index in [2.05, 4.69) is 9.97 Å². The number of aromatic amines is 1. The molecular weight excluding hydrogens is 440 g/mol. The highest BCUT2D eigenvalue weighted by Gasteiger charge is 2.62. The quantitative estimate of drug-likeness (QED) is 0.587. The van der Waals surface area contributed by atoms with Gasteiger partial charge < -0.3 is 14.5 Å². The third-order valence-corrected chi connectivity index (χ3v) is 5.86. The number of nitrogens with one attached hydrogen (secondary N) is 1. The molecule has 2 aromatic heterocycles. The Bertz CT molecular complexity index is 1220. The molecule has 0 spiro atoms. The number of alkyl halides is 2. The standard InChI is InChI=1S/C21H16F4N2O3.ClH/c1-9-10(2-3-12(22)17(9)23)16-18(30-20-19(16)29-8-21(20,24)25)14-6-15(28)11-7-26-5-4-13(11)27-14;/h2-7,16,18-20H,8H2,1H3,(H,27,28);1H/t16-,18-,19-,20+;/m0./s1. The average Bonchev–Trinajstić information content (AvgIpc) is 3.24. The second-order valence-electron chi connectivity index (χ2n) is 7.63. The van der Waals surface area contributed by atoms with Gasteiger partial charge in [0.05, 0.1) is 17.0 Å². The minimum Gasteiger partial charge on any atom is -0.368 e. The first-order valence-electron chi connectivity index (χ1n) is 9.34. The van der Waals surface area contributed by atoms with Crippen LogP contribution in [0.3, 0.4) is 0 Å². The predicted octanol–water partition coefficient (Wildman–Crippen LogP) is 4.19. The van der Waals surface area contributed by atoms with E-state index in [1.807, 2.05) is 0 Å². The lowest BCUT2D eigenvalue weighted by molar-refractivity contribution is -0.116. The number of rotatable bonds is 2. The van der Waals surface area contributed by atoms with E-state index in [-0.39, 0.29) is 29.1 Å². The number of hydrogen-bond donors (Lipinski definition) is 1. The Morgan fingerprint density at radius 2 is 2.00 bits per heavy atom. The van der Waals surface area contributed by atoms with Gasteiger partial charge in [-0.3, -0.25) is 9.78 Å². The van der Waals surface area contributed by atoms with Crippen molar-refractivity contribution < 1.29 is 27.0 Å². The van der Waals surface area contributed by atoms with Gasteiger partial charge in [-0.2, -0.15) is 0 Å². The lowest BCUT2D eigenvalue weighted by Gasteiger charge is -2.24. The van der Waals surface area contributed by atoms with Crippen LogP contribution in [0.15, 0.2) is 41.5 Å².